The number of hydrogen-bond acceptors (Lipinski definition) is 3. The molecule has 1 aliphatic carbocycles. The van der Waals surface area contributed by atoms with Crippen LogP contribution in [0.25, 0.3) is 11.0 Å². The van der Waals surface area contributed by atoms with Gasteiger partial charge in [0, 0.05) is 26.2 Å². The number of carboxylic acid groups (broad SMARTS) is 1. The Morgan fingerprint density at radius 3 is 2.31 bits per heavy atom. The Kier molecular flexibility index (Phi) is 4.89. The third-order valence-electron chi connectivity index (χ3n) is 5.57. The largest absolute Gasteiger partial charge is 0.481 e. The normalized spacial score (nSPS) is 17.0. The van der Waals surface area contributed by atoms with Crippen molar-refractivity contribution in [3.63, 3.8) is 0 Å². The summed E-state index contributed by atoms with van der Waals surface area (Å²) < 4.78 is 3.07. The molecule has 1 aliphatic rings. The lowest BCUT2D eigenvalue weighted by Crippen LogP contribution is -2.35. The zero-order valence-corrected chi connectivity index (χ0v) is 15.2. The number of aryl methyl sites for hydroxylation is 2. The highest BCUT2D eigenvalue weighted by Crippen LogP contribution is 2.38. The van der Waals surface area contributed by atoms with E-state index >= 15 is 0 Å². The van der Waals surface area contributed by atoms with Crippen LogP contribution in [0.4, 0.5) is 5.69 Å². The molecule has 0 spiro atoms. The van der Waals surface area contributed by atoms with Crippen molar-refractivity contribution in [2.45, 2.75) is 44.9 Å². The smallest absolute Gasteiger partial charge is 0.328 e. The molecular weight excluding hydrogens is 334 g/mol. The molecule has 0 atom stereocenters. The van der Waals surface area contributed by atoms with Crippen molar-refractivity contribution in [3.8, 4) is 0 Å². The average Bonchev–Trinajstić information content (AvgIpc) is 2.78. The van der Waals surface area contributed by atoms with Crippen LogP contribution in [0.3, 0.4) is 0 Å². The van der Waals surface area contributed by atoms with Crippen LogP contribution in [0.2, 0.25) is 0 Å². The Morgan fingerprint density at radius 2 is 1.69 bits per heavy atom. The van der Waals surface area contributed by atoms with Gasteiger partial charge in [-0.25, -0.2) is 4.79 Å². The molecule has 1 aromatic heterocycles. The fourth-order valence-electron chi connectivity index (χ4n) is 3.97. The van der Waals surface area contributed by atoms with Crippen molar-refractivity contribution >= 4 is 28.6 Å². The monoisotopic (exact) mass is 359 g/mol. The molecule has 2 N–H and O–H groups in total. The summed E-state index contributed by atoms with van der Waals surface area (Å²) in [5, 5.41) is 12.5. The first-order chi connectivity index (χ1) is 12.3. The number of aromatic nitrogens is 2. The lowest BCUT2D eigenvalue weighted by Gasteiger charge is -2.27. The molecule has 1 amide bonds. The van der Waals surface area contributed by atoms with E-state index in [1.807, 2.05) is 0 Å². The first-order valence-electron chi connectivity index (χ1n) is 9.03. The minimum absolute atomic E-state index is 0.0198. The van der Waals surface area contributed by atoms with Gasteiger partial charge < -0.3 is 10.4 Å². The molecule has 7 nitrogen and oxygen atoms in total. The van der Waals surface area contributed by atoms with Crippen LogP contribution >= 0.6 is 0 Å². The summed E-state index contributed by atoms with van der Waals surface area (Å²) in [6, 6.07) is 5.26. The number of nitrogens with one attached hydrogen (secondary N) is 1. The molecule has 3 rings (SSSR count). The molecule has 0 bridgehead atoms. The lowest BCUT2D eigenvalue weighted by molar-refractivity contribution is -0.152. The number of amides is 1. The highest BCUT2D eigenvalue weighted by Gasteiger charge is 2.40. The van der Waals surface area contributed by atoms with Gasteiger partial charge in [0.05, 0.1) is 16.4 Å². The maximum Gasteiger partial charge on any atom is 0.328 e. The molecule has 1 saturated carbocycles. The van der Waals surface area contributed by atoms with E-state index < -0.39 is 11.4 Å². The fourth-order valence-corrected chi connectivity index (χ4v) is 3.97. The molecule has 26 heavy (non-hydrogen) atoms. The summed E-state index contributed by atoms with van der Waals surface area (Å²) >= 11 is 0. The molecule has 2 aromatic rings. The highest BCUT2D eigenvalue weighted by atomic mass is 16.4. The number of imidazole rings is 1. The van der Waals surface area contributed by atoms with Crippen LogP contribution in [0.5, 0.6) is 0 Å². The Morgan fingerprint density at radius 1 is 1.08 bits per heavy atom. The molecule has 0 unspecified atom stereocenters. The minimum atomic E-state index is -0.968. The van der Waals surface area contributed by atoms with Gasteiger partial charge in [-0.3, -0.25) is 18.7 Å². The molecular formula is C19H25N3O4. The number of aliphatic carboxylic acids is 1. The predicted octanol–water partition coefficient (Wildman–Crippen LogP) is 2.63. The Labute approximate surface area is 151 Å². The van der Waals surface area contributed by atoms with Crippen LogP contribution in [0.1, 0.15) is 44.9 Å². The number of anilines is 1. The maximum absolute atomic E-state index is 12.5. The van der Waals surface area contributed by atoms with E-state index in [0.717, 1.165) is 36.7 Å². The lowest BCUT2D eigenvalue weighted by atomic mass is 9.77. The van der Waals surface area contributed by atoms with Gasteiger partial charge in [0.25, 0.3) is 0 Å². The molecule has 0 saturated heterocycles. The van der Waals surface area contributed by atoms with Crippen molar-refractivity contribution in [2.75, 3.05) is 5.32 Å². The summed E-state index contributed by atoms with van der Waals surface area (Å²) in [5.74, 6) is -1.18. The first-order valence-corrected chi connectivity index (χ1v) is 9.03. The number of nitrogens with zero attached hydrogens (tertiary/aromatic N) is 2. The Bertz CT molecular complexity index is 901. The third kappa shape index (κ3) is 3.25. The standard InChI is InChI=1S/C19H25N3O4/c1-21-14-8-7-13(11-15(14)22(2)18(21)26)20-16(23)12-19(17(24)25)9-5-3-4-6-10-19/h7-8,11H,3-6,9-10,12H2,1-2H3,(H,20,23)(H,24,25). The highest BCUT2D eigenvalue weighted by molar-refractivity contribution is 5.95. The minimum Gasteiger partial charge on any atom is -0.481 e. The van der Waals surface area contributed by atoms with E-state index in [9.17, 15) is 19.5 Å². The Balaban J connectivity index is 1.81. The van der Waals surface area contributed by atoms with Crippen LogP contribution < -0.4 is 11.0 Å². The molecule has 7 heteroatoms. The van der Waals surface area contributed by atoms with Crippen LogP contribution in [-0.4, -0.2) is 26.1 Å². The SMILES string of the molecule is Cn1c(=O)n(C)c2cc(NC(=O)CC3(C(=O)O)CCCCCC3)ccc21. The van der Waals surface area contributed by atoms with E-state index in [0.29, 0.717) is 18.5 Å². The van der Waals surface area contributed by atoms with E-state index in [2.05, 4.69) is 5.32 Å². The van der Waals surface area contributed by atoms with E-state index in [4.69, 9.17) is 0 Å². The van der Waals surface area contributed by atoms with Gasteiger partial charge in [-0.15, -0.1) is 0 Å². The first kappa shape index (κ1) is 18.2. The number of hydrogen-bond donors (Lipinski definition) is 2. The number of fused-ring (bicyclic) bond motifs is 1. The molecule has 1 fully saturated rings. The second kappa shape index (κ2) is 6.97. The zero-order valence-electron chi connectivity index (χ0n) is 15.2. The van der Waals surface area contributed by atoms with E-state index in [1.165, 1.54) is 4.57 Å². The summed E-state index contributed by atoms with van der Waals surface area (Å²) in [7, 11) is 3.38. The molecule has 0 aliphatic heterocycles. The second-order valence-electron chi connectivity index (χ2n) is 7.33. The topological polar surface area (TPSA) is 93.3 Å². The van der Waals surface area contributed by atoms with E-state index in [1.54, 1.807) is 36.9 Å². The van der Waals surface area contributed by atoms with Crippen molar-refractivity contribution in [1.82, 2.24) is 9.13 Å². The van der Waals surface area contributed by atoms with Gasteiger partial charge in [0.1, 0.15) is 0 Å². The number of carboxylic acids is 1. The molecule has 140 valence electrons. The summed E-state index contributed by atoms with van der Waals surface area (Å²) in [4.78, 5) is 36.4. The van der Waals surface area contributed by atoms with Crippen molar-refractivity contribution in [2.24, 2.45) is 19.5 Å². The average molecular weight is 359 g/mol. The van der Waals surface area contributed by atoms with Gasteiger partial charge in [0.15, 0.2) is 0 Å². The van der Waals surface area contributed by atoms with Gasteiger partial charge in [0.2, 0.25) is 5.91 Å². The summed E-state index contributed by atoms with van der Waals surface area (Å²) in [5.41, 5.74) is 0.966. The predicted molar refractivity (Wildman–Crippen MR) is 99.2 cm³/mol. The van der Waals surface area contributed by atoms with Crippen LogP contribution in [0.15, 0.2) is 23.0 Å². The molecule has 1 aromatic carbocycles. The maximum atomic E-state index is 12.5. The Hall–Kier alpha value is -2.57. The summed E-state index contributed by atoms with van der Waals surface area (Å²) in [6.07, 6.45) is 4.80. The van der Waals surface area contributed by atoms with Crippen molar-refractivity contribution in [1.29, 1.82) is 0 Å². The van der Waals surface area contributed by atoms with Gasteiger partial charge in [-0.05, 0) is 31.0 Å². The molecule has 1 heterocycles. The van der Waals surface area contributed by atoms with Crippen molar-refractivity contribution in [3.05, 3.63) is 28.7 Å². The second-order valence-corrected chi connectivity index (χ2v) is 7.33. The zero-order chi connectivity index (χ0) is 18.9. The number of rotatable bonds is 4. The van der Waals surface area contributed by atoms with Crippen LogP contribution in [0, 0.1) is 5.41 Å². The summed E-state index contributed by atoms with van der Waals surface area (Å²) in [6.45, 7) is 0. The number of benzene rings is 1. The number of carbonyl (C=O) groups is 2. The van der Waals surface area contributed by atoms with Crippen LogP contribution in [-0.2, 0) is 23.7 Å². The van der Waals surface area contributed by atoms with Gasteiger partial charge >= 0.3 is 11.7 Å². The number of carbonyl (C=O) groups excluding carboxylic acids is 1. The van der Waals surface area contributed by atoms with Gasteiger partial charge in [-0.1, -0.05) is 25.7 Å². The van der Waals surface area contributed by atoms with E-state index in [-0.39, 0.29) is 18.0 Å². The fraction of sp³-hybridized carbons (Fsp3) is 0.526. The quantitative estimate of drug-likeness (QED) is 0.821. The molecule has 0 radical (unpaired) electrons. The van der Waals surface area contributed by atoms with Gasteiger partial charge in [-0.2, -0.15) is 0 Å². The van der Waals surface area contributed by atoms with Crippen molar-refractivity contribution < 1.29 is 14.7 Å². The third-order valence-corrected chi connectivity index (χ3v) is 5.57.